The van der Waals surface area contributed by atoms with Crippen molar-refractivity contribution < 1.29 is 4.74 Å². The third kappa shape index (κ3) is 4.14. The normalized spacial score (nSPS) is 19.4. The molecular weight excluding hydrogens is 294 g/mol. The number of benzene rings is 1. The van der Waals surface area contributed by atoms with E-state index < -0.39 is 0 Å². The maximum absolute atomic E-state index is 5.80. The van der Waals surface area contributed by atoms with Gasteiger partial charge in [0, 0.05) is 37.1 Å². The Morgan fingerprint density at radius 1 is 1.36 bits per heavy atom. The summed E-state index contributed by atoms with van der Waals surface area (Å²) in [6.07, 6.45) is 0.294. The Balaban J connectivity index is 1.47. The van der Waals surface area contributed by atoms with Gasteiger partial charge in [-0.25, -0.2) is 4.98 Å². The van der Waals surface area contributed by atoms with Crippen LogP contribution < -0.4 is 5.32 Å². The van der Waals surface area contributed by atoms with E-state index >= 15 is 0 Å². The van der Waals surface area contributed by atoms with Crippen molar-refractivity contribution in [2.24, 2.45) is 0 Å². The highest BCUT2D eigenvalue weighted by Crippen LogP contribution is 2.21. The van der Waals surface area contributed by atoms with Crippen LogP contribution in [-0.4, -0.2) is 48.8 Å². The SMILES string of the molecule is CCN1CCO[C@@H](CNCc2nc(-c3ccccc3)cs2)C1. The number of hydrogen-bond donors (Lipinski definition) is 1. The van der Waals surface area contributed by atoms with Crippen LogP contribution in [0.2, 0.25) is 0 Å². The van der Waals surface area contributed by atoms with E-state index in [4.69, 9.17) is 9.72 Å². The lowest BCUT2D eigenvalue weighted by molar-refractivity contribution is -0.0253. The number of nitrogens with one attached hydrogen (secondary N) is 1. The number of rotatable bonds is 6. The molecule has 2 aromatic rings. The Morgan fingerprint density at radius 2 is 2.23 bits per heavy atom. The van der Waals surface area contributed by atoms with Crippen molar-refractivity contribution in [3.63, 3.8) is 0 Å². The summed E-state index contributed by atoms with van der Waals surface area (Å²) >= 11 is 1.71. The molecular formula is C17H23N3OS. The van der Waals surface area contributed by atoms with Gasteiger partial charge < -0.3 is 10.1 Å². The zero-order valence-electron chi connectivity index (χ0n) is 13.0. The molecule has 1 aromatic carbocycles. The fourth-order valence-electron chi connectivity index (χ4n) is 2.66. The van der Waals surface area contributed by atoms with Gasteiger partial charge in [0.2, 0.25) is 0 Å². The first-order valence-corrected chi connectivity index (χ1v) is 8.77. The molecule has 22 heavy (non-hydrogen) atoms. The number of thiazole rings is 1. The predicted octanol–water partition coefficient (Wildman–Crippen LogP) is 2.62. The average molecular weight is 317 g/mol. The number of ether oxygens (including phenoxy) is 1. The number of hydrogen-bond acceptors (Lipinski definition) is 5. The third-order valence-electron chi connectivity index (χ3n) is 3.94. The molecule has 0 radical (unpaired) electrons. The van der Waals surface area contributed by atoms with Gasteiger partial charge in [-0.05, 0) is 6.54 Å². The minimum atomic E-state index is 0.294. The number of aromatic nitrogens is 1. The summed E-state index contributed by atoms with van der Waals surface area (Å²) in [5.41, 5.74) is 2.24. The Hall–Kier alpha value is -1.27. The van der Waals surface area contributed by atoms with E-state index in [0.717, 1.165) is 50.0 Å². The lowest BCUT2D eigenvalue weighted by atomic mass is 10.2. The molecule has 1 atom stereocenters. The standard InChI is InChI=1S/C17H23N3OS/c1-2-20-8-9-21-15(12-20)10-18-11-17-19-16(13-22-17)14-6-4-3-5-7-14/h3-7,13,15,18H,2,8-12H2,1H3/t15-/m0/s1. The van der Waals surface area contributed by atoms with Crippen molar-refractivity contribution in [1.29, 1.82) is 0 Å². The molecule has 0 aliphatic carbocycles. The topological polar surface area (TPSA) is 37.4 Å². The summed E-state index contributed by atoms with van der Waals surface area (Å²) < 4.78 is 5.80. The highest BCUT2D eigenvalue weighted by Gasteiger charge is 2.18. The van der Waals surface area contributed by atoms with Crippen LogP contribution in [0.25, 0.3) is 11.3 Å². The van der Waals surface area contributed by atoms with E-state index in [9.17, 15) is 0 Å². The predicted molar refractivity (Wildman–Crippen MR) is 91.1 cm³/mol. The highest BCUT2D eigenvalue weighted by atomic mass is 32.1. The zero-order chi connectivity index (χ0) is 15.2. The molecule has 0 saturated carbocycles. The lowest BCUT2D eigenvalue weighted by Gasteiger charge is -2.32. The van der Waals surface area contributed by atoms with E-state index in [1.807, 2.05) is 18.2 Å². The van der Waals surface area contributed by atoms with Crippen LogP contribution in [0.5, 0.6) is 0 Å². The van der Waals surface area contributed by atoms with Crippen molar-refractivity contribution in [3.05, 3.63) is 40.7 Å². The molecule has 118 valence electrons. The number of morpholine rings is 1. The van der Waals surface area contributed by atoms with Crippen molar-refractivity contribution in [2.45, 2.75) is 19.6 Å². The Labute approximate surface area is 136 Å². The van der Waals surface area contributed by atoms with Crippen LogP contribution in [-0.2, 0) is 11.3 Å². The average Bonchev–Trinajstić information content (AvgIpc) is 3.05. The van der Waals surface area contributed by atoms with Crippen LogP contribution in [0.4, 0.5) is 0 Å². The first-order chi connectivity index (χ1) is 10.8. The molecule has 1 N–H and O–H groups in total. The fourth-order valence-corrected chi connectivity index (χ4v) is 3.44. The molecule has 0 spiro atoms. The second-order valence-corrected chi connectivity index (χ2v) is 6.45. The first-order valence-electron chi connectivity index (χ1n) is 7.89. The molecule has 0 bridgehead atoms. The molecule has 2 heterocycles. The van der Waals surface area contributed by atoms with Crippen LogP contribution in [0.15, 0.2) is 35.7 Å². The lowest BCUT2D eigenvalue weighted by Crippen LogP contribution is -2.46. The summed E-state index contributed by atoms with van der Waals surface area (Å²) in [6, 6.07) is 10.3. The third-order valence-corrected chi connectivity index (χ3v) is 4.79. The van der Waals surface area contributed by atoms with E-state index in [1.54, 1.807) is 11.3 Å². The number of nitrogens with zero attached hydrogens (tertiary/aromatic N) is 2. The highest BCUT2D eigenvalue weighted by molar-refractivity contribution is 7.09. The van der Waals surface area contributed by atoms with E-state index in [0.29, 0.717) is 6.10 Å². The van der Waals surface area contributed by atoms with Gasteiger partial charge in [-0.2, -0.15) is 0 Å². The summed E-state index contributed by atoms with van der Waals surface area (Å²) in [5.74, 6) is 0. The van der Waals surface area contributed by atoms with Crippen LogP contribution >= 0.6 is 11.3 Å². The van der Waals surface area contributed by atoms with Crippen molar-refractivity contribution in [1.82, 2.24) is 15.2 Å². The second-order valence-electron chi connectivity index (χ2n) is 5.51. The molecule has 0 unspecified atom stereocenters. The number of likely N-dealkylation sites (N-methyl/N-ethyl adjacent to an activating group) is 1. The molecule has 0 amide bonds. The van der Waals surface area contributed by atoms with Gasteiger partial charge in [0.05, 0.1) is 18.4 Å². The smallest absolute Gasteiger partial charge is 0.107 e. The molecule has 3 rings (SSSR count). The fraction of sp³-hybridized carbons (Fsp3) is 0.471. The first kappa shape index (κ1) is 15.6. The molecule has 1 aliphatic heterocycles. The van der Waals surface area contributed by atoms with Gasteiger partial charge >= 0.3 is 0 Å². The van der Waals surface area contributed by atoms with Crippen LogP contribution in [0.3, 0.4) is 0 Å². The zero-order valence-corrected chi connectivity index (χ0v) is 13.8. The molecule has 1 saturated heterocycles. The van der Waals surface area contributed by atoms with Crippen molar-refractivity contribution >= 4 is 11.3 Å². The Morgan fingerprint density at radius 3 is 3.05 bits per heavy atom. The maximum atomic E-state index is 5.80. The summed E-state index contributed by atoms with van der Waals surface area (Å²) in [6.45, 7) is 7.93. The van der Waals surface area contributed by atoms with Crippen LogP contribution in [0.1, 0.15) is 11.9 Å². The van der Waals surface area contributed by atoms with E-state index in [2.05, 4.69) is 34.7 Å². The monoisotopic (exact) mass is 317 g/mol. The minimum absolute atomic E-state index is 0.294. The van der Waals surface area contributed by atoms with Crippen molar-refractivity contribution in [2.75, 3.05) is 32.8 Å². The van der Waals surface area contributed by atoms with Gasteiger partial charge in [0.25, 0.3) is 0 Å². The van der Waals surface area contributed by atoms with E-state index in [-0.39, 0.29) is 0 Å². The van der Waals surface area contributed by atoms with Gasteiger partial charge in [-0.15, -0.1) is 11.3 Å². The van der Waals surface area contributed by atoms with E-state index in [1.165, 1.54) is 5.56 Å². The second kappa shape index (κ2) is 7.83. The molecule has 1 aliphatic rings. The van der Waals surface area contributed by atoms with Gasteiger partial charge in [-0.3, -0.25) is 4.90 Å². The largest absolute Gasteiger partial charge is 0.374 e. The Kier molecular flexibility index (Phi) is 5.56. The summed E-state index contributed by atoms with van der Waals surface area (Å²) in [7, 11) is 0. The minimum Gasteiger partial charge on any atom is -0.374 e. The van der Waals surface area contributed by atoms with Gasteiger partial charge in [-0.1, -0.05) is 37.3 Å². The molecule has 1 fully saturated rings. The quantitative estimate of drug-likeness (QED) is 0.889. The molecule has 4 nitrogen and oxygen atoms in total. The van der Waals surface area contributed by atoms with Crippen LogP contribution in [0, 0.1) is 0 Å². The molecule has 5 heteroatoms. The maximum Gasteiger partial charge on any atom is 0.107 e. The van der Waals surface area contributed by atoms with Gasteiger partial charge in [0.15, 0.2) is 0 Å². The summed E-state index contributed by atoms with van der Waals surface area (Å²) in [5, 5.41) is 6.73. The molecule has 1 aromatic heterocycles. The van der Waals surface area contributed by atoms with Gasteiger partial charge in [0.1, 0.15) is 5.01 Å². The summed E-state index contributed by atoms with van der Waals surface area (Å²) in [4.78, 5) is 7.14. The Bertz CT molecular complexity index is 572. The van der Waals surface area contributed by atoms with Crippen molar-refractivity contribution in [3.8, 4) is 11.3 Å².